The molecule has 0 saturated heterocycles. The third-order valence-corrected chi connectivity index (χ3v) is 5.81. The first kappa shape index (κ1) is 30.5. The van der Waals surface area contributed by atoms with E-state index in [1.807, 2.05) is 38.8 Å². The molecule has 6 nitrogen and oxygen atoms in total. The van der Waals surface area contributed by atoms with Gasteiger partial charge in [0.1, 0.15) is 49.0 Å². The van der Waals surface area contributed by atoms with E-state index >= 15 is 0 Å². The van der Waals surface area contributed by atoms with Crippen LogP contribution >= 0.6 is 11.6 Å². The Morgan fingerprint density at radius 3 is 2.31 bits per heavy atom. The van der Waals surface area contributed by atoms with Crippen LogP contribution in [-0.2, 0) is 16.6 Å². The summed E-state index contributed by atoms with van der Waals surface area (Å²) >= 11 is 5.78. The van der Waals surface area contributed by atoms with Gasteiger partial charge in [0.05, 0.1) is 11.4 Å². The molecule has 0 aliphatic rings. The van der Waals surface area contributed by atoms with Gasteiger partial charge in [-0.25, -0.2) is 4.98 Å². The Bertz CT molecular complexity index is 1130. The van der Waals surface area contributed by atoms with Crippen molar-refractivity contribution < 1.29 is 18.7 Å². The Hall–Kier alpha value is -3.56. The summed E-state index contributed by atoms with van der Waals surface area (Å²) in [4.78, 5) is 12.3. The van der Waals surface area contributed by atoms with Crippen molar-refractivity contribution in [2.45, 2.75) is 52.6 Å². The third kappa shape index (κ3) is 7.47. The minimum absolute atomic E-state index is 0.211. The molecule has 1 heterocycles. The number of hydrogen-bond acceptors (Lipinski definition) is 6. The SMILES string of the molecule is C=C.C=O.CCc1cc(C(C)(C)c2ccc(OC(C)c3coc(C)n3)cc2)cc(C#N)c1OCCCl. The Labute approximate surface area is 219 Å². The first-order valence-electron chi connectivity index (χ1n) is 11.5. The number of oxazole rings is 1. The molecule has 0 aliphatic heterocycles. The highest BCUT2D eigenvalue weighted by Gasteiger charge is 2.26. The first-order chi connectivity index (χ1) is 17.3. The number of ether oxygens (including phenoxy) is 2. The second-order valence-corrected chi connectivity index (χ2v) is 8.59. The number of carbonyl (C=O) groups excluding carboxylic acids is 1. The van der Waals surface area contributed by atoms with E-state index in [1.165, 1.54) is 0 Å². The highest BCUT2D eigenvalue weighted by atomic mass is 35.5. The summed E-state index contributed by atoms with van der Waals surface area (Å²) < 4.78 is 17.1. The molecule has 0 bridgehead atoms. The summed E-state index contributed by atoms with van der Waals surface area (Å²) in [5, 5.41) is 9.72. The van der Waals surface area contributed by atoms with Gasteiger partial charge in [0.2, 0.25) is 0 Å². The standard InChI is InChI=1S/C26H29ClN2O3.C2H4.CH2O/c1-6-19-13-22(14-20(15-28)25(19)30-12-11-27)26(4,5)21-7-9-23(10-8-21)32-17(2)24-16-31-18(3)29-24;2*1-2/h7-10,13-14,16-17H,6,11-12H2,1-5H3;1-2H2;1H2. The number of hydrogen-bond donors (Lipinski definition) is 0. The van der Waals surface area contributed by atoms with E-state index in [9.17, 15) is 5.26 Å². The minimum Gasteiger partial charge on any atom is -0.491 e. The summed E-state index contributed by atoms with van der Waals surface area (Å²) in [6.07, 6.45) is 2.18. The van der Waals surface area contributed by atoms with Crippen LogP contribution in [0.5, 0.6) is 11.5 Å². The first-order valence-corrected chi connectivity index (χ1v) is 12.1. The zero-order valence-electron chi connectivity index (χ0n) is 21.8. The molecule has 0 saturated carbocycles. The summed E-state index contributed by atoms with van der Waals surface area (Å²) in [6, 6.07) is 14.4. The van der Waals surface area contributed by atoms with E-state index in [-0.39, 0.29) is 11.5 Å². The fraction of sp³-hybridized carbons (Fsp3) is 0.345. The molecule has 0 fully saturated rings. The molecule has 0 spiro atoms. The van der Waals surface area contributed by atoms with E-state index in [1.54, 1.807) is 6.26 Å². The predicted molar refractivity (Wildman–Crippen MR) is 144 cm³/mol. The zero-order valence-corrected chi connectivity index (χ0v) is 22.5. The second kappa shape index (κ2) is 14.8. The van der Waals surface area contributed by atoms with Crippen molar-refractivity contribution in [1.82, 2.24) is 4.98 Å². The number of nitriles is 1. The number of rotatable bonds is 9. The van der Waals surface area contributed by atoms with Gasteiger partial charge in [-0.3, -0.25) is 0 Å². The maximum atomic E-state index is 9.72. The zero-order chi connectivity index (χ0) is 27.3. The van der Waals surface area contributed by atoms with Gasteiger partial charge >= 0.3 is 0 Å². The number of alkyl halides is 1. The summed E-state index contributed by atoms with van der Waals surface area (Å²) in [5.74, 6) is 2.39. The highest BCUT2D eigenvalue weighted by molar-refractivity contribution is 6.18. The number of aromatic nitrogens is 1. The molecule has 0 amide bonds. The Morgan fingerprint density at radius 1 is 1.17 bits per heavy atom. The molecule has 1 aromatic heterocycles. The van der Waals surface area contributed by atoms with Gasteiger partial charge in [0.25, 0.3) is 0 Å². The molecular formula is C29H35ClN2O4. The molecule has 3 aromatic rings. The van der Waals surface area contributed by atoms with E-state index < -0.39 is 0 Å². The van der Waals surface area contributed by atoms with E-state index in [0.29, 0.717) is 29.7 Å². The number of halogens is 1. The molecule has 192 valence electrons. The number of benzene rings is 2. The summed E-state index contributed by atoms with van der Waals surface area (Å²) in [5.41, 5.74) is 4.18. The molecule has 1 unspecified atom stereocenters. The maximum absolute atomic E-state index is 9.72. The van der Waals surface area contributed by atoms with Crippen LogP contribution in [0, 0.1) is 18.3 Å². The molecule has 2 aromatic carbocycles. The Morgan fingerprint density at radius 2 is 1.81 bits per heavy atom. The van der Waals surface area contributed by atoms with Crippen LogP contribution in [0.2, 0.25) is 0 Å². The van der Waals surface area contributed by atoms with E-state index in [4.69, 9.17) is 30.3 Å². The highest BCUT2D eigenvalue weighted by Crippen LogP contribution is 2.37. The topological polar surface area (TPSA) is 85.4 Å². The van der Waals surface area contributed by atoms with Crippen LogP contribution < -0.4 is 9.47 Å². The van der Waals surface area contributed by atoms with Crippen LogP contribution in [0.4, 0.5) is 0 Å². The van der Waals surface area contributed by atoms with Gasteiger partial charge in [-0.15, -0.1) is 24.8 Å². The fourth-order valence-electron chi connectivity index (χ4n) is 3.65. The van der Waals surface area contributed by atoms with Crippen LogP contribution in [0.3, 0.4) is 0 Å². The number of nitrogens with zero attached hydrogens (tertiary/aromatic N) is 2. The lowest BCUT2D eigenvalue weighted by Gasteiger charge is -2.28. The lowest BCUT2D eigenvalue weighted by molar-refractivity contribution is -0.0980. The van der Waals surface area contributed by atoms with Crippen molar-refractivity contribution in [3.8, 4) is 17.6 Å². The van der Waals surface area contributed by atoms with Gasteiger partial charge in [0, 0.05) is 12.3 Å². The van der Waals surface area contributed by atoms with Crippen molar-refractivity contribution >= 4 is 18.4 Å². The third-order valence-electron chi connectivity index (χ3n) is 5.65. The molecule has 1 atom stereocenters. The predicted octanol–water partition coefficient (Wildman–Crippen LogP) is 7.12. The maximum Gasteiger partial charge on any atom is 0.191 e. The molecular weight excluding hydrogens is 476 g/mol. The summed E-state index contributed by atoms with van der Waals surface area (Å²) in [7, 11) is 0. The number of aryl methyl sites for hydroxylation is 2. The van der Waals surface area contributed by atoms with Crippen LogP contribution in [-0.4, -0.2) is 24.3 Å². The second-order valence-electron chi connectivity index (χ2n) is 8.22. The molecule has 3 rings (SSSR count). The van der Waals surface area contributed by atoms with Crippen molar-refractivity contribution in [3.63, 3.8) is 0 Å². The monoisotopic (exact) mass is 510 g/mol. The average molecular weight is 511 g/mol. The Kier molecular flexibility index (Phi) is 12.5. The smallest absolute Gasteiger partial charge is 0.191 e. The quantitative estimate of drug-likeness (QED) is 0.225. The average Bonchev–Trinajstić information content (AvgIpc) is 3.36. The molecule has 0 aliphatic carbocycles. The molecule has 36 heavy (non-hydrogen) atoms. The van der Waals surface area contributed by atoms with Crippen molar-refractivity contribution in [3.05, 3.63) is 89.7 Å². The normalized spacial score (nSPS) is 11.1. The van der Waals surface area contributed by atoms with Gasteiger partial charge in [0.15, 0.2) is 5.89 Å². The van der Waals surface area contributed by atoms with Gasteiger partial charge in [-0.2, -0.15) is 5.26 Å². The van der Waals surface area contributed by atoms with Crippen LogP contribution in [0.25, 0.3) is 0 Å². The van der Waals surface area contributed by atoms with E-state index in [2.05, 4.69) is 63.2 Å². The molecule has 0 radical (unpaired) electrons. The largest absolute Gasteiger partial charge is 0.491 e. The van der Waals surface area contributed by atoms with E-state index in [0.717, 1.165) is 34.6 Å². The Balaban J connectivity index is 0.00000154. The minimum atomic E-state index is -0.312. The summed E-state index contributed by atoms with van der Waals surface area (Å²) in [6.45, 7) is 18.5. The van der Waals surface area contributed by atoms with Crippen molar-refractivity contribution in [2.24, 2.45) is 0 Å². The van der Waals surface area contributed by atoms with Gasteiger partial charge in [-0.1, -0.05) is 39.0 Å². The molecule has 7 heteroatoms. The van der Waals surface area contributed by atoms with Crippen LogP contribution in [0.15, 0.2) is 60.2 Å². The number of carbonyl (C=O) groups is 1. The lowest BCUT2D eigenvalue weighted by Crippen LogP contribution is -2.20. The van der Waals surface area contributed by atoms with Crippen molar-refractivity contribution in [2.75, 3.05) is 12.5 Å². The fourth-order valence-corrected chi connectivity index (χ4v) is 3.73. The lowest BCUT2D eigenvalue weighted by atomic mass is 9.77. The van der Waals surface area contributed by atoms with Crippen LogP contribution in [0.1, 0.15) is 67.6 Å². The van der Waals surface area contributed by atoms with Gasteiger partial charge in [-0.05, 0) is 48.2 Å². The molecule has 0 N–H and O–H groups in total. The van der Waals surface area contributed by atoms with Crippen molar-refractivity contribution in [1.29, 1.82) is 5.26 Å². The van der Waals surface area contributed by atoms with Gasteiger partial charge < -0.3 is 18.7 Å².